The van der Waals surface area contributed by atoms with Gasteiger partial charge in [0.2, 0.25) is 0 Å². The van der Waals surface area contributed by atoms with Crippen LogP contribution in [-0.4, -0.2) is 22.2 Å². The van der Waals surface area contributed by atoms with Crippen molar-refractivity contribution in [3.8, 4) is 17.0 Å². The quantitative estimate of drug-likeness (QED) is 0.729. The van der Waals surface area contributed by atoms with Gasteiger partial charge in [0.25, 0.3) is 0 Å². The van der Waals surface area contributed by atoms with E-state index in [4.69, 9.17) is 9.84 Å². The van der Waals surface area contributed by atoms with Crippen molar-refractivity contribution in [1.29, 1.82) is 0 Å². The van der Waals surface area contributed by atoms with Gasteiger partial charge in [0.15, 0.2) is 0 Å². The number of aliphatic hydroxyl groups excluding tert-OH is 1. The second kappa shape index (κ2) is 7.57. The Bertz CT molecular complexity index is 804. The third kappa shape index (κ3) is 3.88. The molecule has 122 valence electrons. The summed E-state index contributed by atoms with van der Waals surface area (Å²) in [5.74, 6) is 1.50. The van der Waals surface area contributed by atoms with Crippen molar-refractivity contribution in [2.24, 2.45) is 0 Å². The second-order valence-corrected chi connectivity index (χ2v) is 5.35. The molecule has 3 rings (SSSR count). The predicted octanol–water partition coefficient (Wildman–Crippen LogP) is 3.26. The maximum atomic E-state index is 9.07. The Kier molecular flexibility index (Phi) is 5.03. The number of ether oxygens (including phenoxy) is 1. The zero-order chi connectivity index (χ0) is 16.8. The summed E-state index contributed by atoms with van der Waals surface area (Å²) in [5, 5.41) is 12.3. The van der Waals surface area contributed by atoms with Crippen molar-refractivity contribution in [2.45, 2.75) is 13.2 Å². The van der Waals surface area contributed by atoms with Crippen molar-refractivity contribution in [3.63, 3.8) is 0 Å². The van der Waals surface area contributed by atoms with E-state index in [0.717, 1.165) is 28.1 Å². The maximum absolute atomic E-state index is 9.07. The van der Waals surface area contributed by atoms with Gasteiger partial charge in [-0.15, -0.1) is 0 Å². The number of aromatic nitrogens is 2. The van der Waals surface area contributed by atoms with E-state index in [1.165, 1.54) is 0 Å². The molecule has 1 aromatic heterocycles. The monoisotopic (exact) mass is 321 g/mol. The third-order valence-corrected chi connectivity index (χ3v) is 3.68. The van der Waals surface area contributed by atoms with E-state index in [0.29, 0.717) is 12.4 Å². The molecule has 0 saturated heterocycles. The number of aliphatic hydroxyl groups is 1. The molecule has 24 heavy (non-hydrogen) atoms. The van der Waals surface area contributed by atoms with Crippen LogP contribution in [0, 0.1) is 0 Å². The number of anilines is 1. The van der Waals surface area contributed by atoms with Crippen LogP contribution in [-0.2, 0) is 13.2 Å². The molecule has 0 radical (unpaired) electrons. The minimum Gasteiger partial charge on any atom is -0.497 e. The first-order chi connectivity index (χ1) is 11.8. The van der Waals surface area contributed by atoms with Gasteiger partial charge in [-0.25, -0.2) is 4.98 Å². The molecule has 3 aromatic rings. The zero-order valence-corrected chi connectivity index (χ0v) is 13.4. The van der Waals surface area contributed by atoms with Crippen LogP contribution in [0.15, 0.2) is 60.9 Å². The second-order valence-electron chi connectivity index (χ2n) is 5.35. The van der Waals surface area contributed by atoms with Gasteiger partial charge in [-0.1, -0.05) is 36.4 Å². The smallest absolute Gasteiger partial charge is 0.145 e. The molecule has 0 amide bonds. The molecule has 2 N–H and O–H groups in total. The first kappa shape index (κ1) is 16.0. The Morgan fingerprint density at radius 3 is 2.58 bits per heavy atom. The highest BCUT2D eigenvalue weighted by molar-refractivity contribution is 5.61. The Hall–Kier alpha value is -2.92. The van der Waals surface area contributed by atoms with Gasteiger partial charge < -0.3 is 15.2 Å². The van der Waals surface area contributed by atoms with Crippen molar-refractivity contribution in [1.82, 2.24) is 9.97 Å². The Morgan fingerprint density at radius 1 is 1.04 bits per heavy atom. The van der Waals surface area contributed by atoms with E-state index < -0.39 is 0 Å². The lowest BCUT2D eigenvalue weighted by Gasteiger charge is -2.08. The Morgan fingerprint density at radius 2 is 1.83 bits per heavy atom. The molecule has 5 heteroatoms. The molecular weight excluding hydrogens is 302 g/mol. The highest BCUT2D eigenvalue weighted by atomic mass is 16.5. The van der Waals surface area contributed by atoms with E-state index in [-0.39, 0.29) is 6.61 Å². The van der Waals surface area contributed by atoms with Gasteiger partial charge in [-0.05, 0) is 23.3 Å². The summed E-state index contributed by atoms with van der Waals surface area (Å²) < 4.78 is 5.25. The molecular formula is C19H19N3O2. The zero-order valence-electron chi connectivity index (χ0n) is 13.4. The average molecular weight is 321 g/mol. The molecule has 0 atom stereocenters. The topological polar surface area (TPSA) is 67.3 Å². The molecule has 2 aromatic carbocycles. The lowest BCUT2D eigenvalue weighted by Crippen LogP contribution is -2.02. The van der Waals surface area contributed by atoms with Gasteiger partial charge in [0, 0.05) is 12.1 Å². The van der Waals surface area contributed by atoms with Crippen LogP contribution < -0.4 is 10.1 Å². The summed E-state index contributed by atoms with van der Waals surface area (Å²) in [4.78, 5) is 8.86. The largest absolute Gasteiger partial charge is 0.497 e. The third-order valence-electron chi connectivity index (χ3n) is 3.68. The van der Waals surface area contributed by atoms with Gasteiger partial charge >= 0.3 is 0 Å². The van der Waals surface area contributed by atoms with E-state index in [2.05, 4.69) is 15.3 Å². The number of benzene rings is 2. The first-order valence-electron chi connectivity index (χ1n) is 7.67. The minimum absolute atomic E-state index is 0.0573. The Labute approximate surface area is 141 Å². The molecule has 1 heterocycles. The van der Waals surface area contributed by atoms with E-state index >= 15 is 0 Å². The summed E-state index contributed by atoms with van der Waals surface area (Å²) in [6, 6.07) is 15.5. The number of rotatable bonds is 6. The molecule has 0 aliphatic rings. The van der Waals surface area contributed by atoms with Crippen molar-refractivity contribution >= 4 is 5.82 Å². The van der Waals surface area contributed by atoms with Crippen LogP contribution in [0.4, 0.5) is 5.82 Å². The number of hydrogen-bond acceptors (Lipinski definition) is 5. The molecule has 5 nitrogen and oxygen atoms in total. The van der Waals surface area contributed by atoms with Crippen LogP contribution in [0.2, 0.25) is 0 Å². The lowest BCUT2D eigenvalue weighted by atomic mass is 10.1. The van der Waals surface area contributed by atoms with E-state index in [1.807, 2.05) is 48.5 Å². The minimum atomic E-state index is 0.0573. The van der Waals surface area contributed by atoms with Gasteiger partial charge in [0.1, 0.15) is 11.6 Å². The van der Waals surface area contributed by atoms with E-state index in [1.54, 1.807) is 19.5 Å². The van der Waals surface area contributed by atoms with Gasteiger partial charge in [-0.2, -0.15) is 0 Å². The fourth-order valence-electron chi connectivity index (χ4n) is 2.33. The molecule has 0 aliphatic heterocycles. The highest BCUT2D eigenvalue weighted by Crippen LogP contribution is 2.22. The highest BCUT2D eigenvalue weighted by Gasteiger charge is 2.04. The SMILES string of the molecule is COc1cccc(-c2cncc(NCc3ccc(CO)cc3)n2)c1. The standard InChI is InChI=1S/C19H19N3O2/c1-24-17-4-2-3-16(9-17)18-11-20-12-19(22-18)21-10-14-5-7-15(13-23)8-6-14/h2-9,11-12,23H,10,13H2,1H3,(H,21,22). The summed E-state index contributed by atoms with van der Waals surface area (Å²) in [6.45, 7) is 0.698. The molecule has 0 unspecified atom stereocenters. The average Bonchev–Trinajstić information content (AvgIpc) is 2.67. The molecule has 0 saturated carbocycles. The number of methoxy groups -OCH3 is 1. The fourth-order valence-corrected chi connectivity index (χ4v) is 2.33. The first-order valence-corrected chi connectivity index (χ1v) is 7.67. The fraction of sp³-hybridized carbons (Fsp3) is 0.158. The predicted molar refractivity (Wildman–Crippen MR) is 93.7 cm³/mol. The summed E-state index contributed by atoms with van der Waals surface area (Å²) in [7, 11) is 1.64. The summed E-state index contributed by atoms with van der Waals surface area (Å²) in [6.07, 6.45) is 3.43. The normalized spacial score (nSPS) is 10.4. The van der Waals surface area contributed by atoms with Crippen LogP contribution >= 0.6 is 0 Å². The number of nitrogens with one attached hydrogen (secondary N) is 1. The van der Waals surface area contributed by atoms with Crippen LogP contribution in [0.5, 0.6) is 5.75 Å². The van der Waals surface area contributed by atoms with Crippen LogP contribution in [0.25, 0.3) is 11.3 Å². The van der Waals surface area contributed by atoms with Crippen molar-refractivity contribution < 1.29 is 9.84 Å². The van der Waals surface area contributed by atoms with Crippen molar-refractivity contribution in [2.75, 3.05) is 12.4 Å². The van der Waals surface area contributed by atoms with Gasteiger partial charge in [0.05, 0.1) is 31.8 Å². The van der Waals surface area contributed by atoms with Crippen LogP contribution in [0.1, 0.15) is 11.1 Å². The summed E-state index contributed by atoms with van der Waals surface area (Å²) >= 11 is 0. The van der Waals surface area contributed by atoms with Crippen molar-refractivity contribution in [3.05, 3.63) is 72.1 Å². The molecule has 0 fully saturated rings. The lowest BCUT2D eigenvalue weighted by molar-refractivity contribution is 0.282. The molecule has 0 spiro atoms. The maximum Gasteiger partial charge on any atom is 0.145 e. The number of hydrogen-bond donors (Lipinski definition) is 2. The molecule has 0 bridgehead atoms. The van der Waals surface area contributed by atoms with Crippen LogP contribution in [0.3, 0.4) is 0 Å². The summed E-state index contributed by atoms with van der Waals surface area (Å²) in [5.41, 5.74) is 3.76. The Balaban J connectivity index is 1.72. The molecule has 0 aliphatic carbocycles. The number of nitrogens with zero attached hydrogens (tertiary/aromatic N) is 2. The van der Waals surface area contributed by atoms with Gasteiger partial charge in [-0.3, -0.25) is 4.98 Å². The van der Waals surface area contributed by atoms with E-state index in [9.17, 15) is 0 Å².